The molecule has 0 spiro atoms. The molecule has 17 heavy (non-hydrogen) atoms. The van der Waals surface area contributed by atoms with Crippen molar-refractivity contribution in [3.63, 3.8) is 0 Å². The summed E-state index contributed by atoms with van der Waals surface area (Å²) < 4.78 is 1.97. The molecule has 2 rings (SSSR count). The molecule has 0 radical (unpaired) electrons. The molecule has 0 atom stereocenters. The second-order valence-corrected chi connectivity index (χ2v) is 5.29. The number of nitrogens with one attached hydrogen (secondary N) is 1. The van der Waals surface area contributed by atoms with Crippen LogP contribution in [0.2, 0.25) is 0 Å². The lowest BCUT2D eigenvalue weighted by atomic mass is 10.3. The first-order valence-electron chi connectivity index (χ1n) is 5.95. The number of aromatic nitrogens is 3. The zero-order valence-corrected chi connectivity index (χ0v) is 11.3. The van der Waals surface area contributed by atoms with Crippen molar-refractivity contribution >= 4 is 16.5 Å². The van der Waals surface area contributed by atoms with Gasteiger partial charge in [0.25, 0.3) is 0 Å². The molecule has 0 bridgehead atoms. The monoisotopic (exact) mass is 250 g/mol. The van der Waals surface area contributed by atoms with Crippen molar-refractivity contribution in [2.24, 2.45) is 0 Å². The van der Waals surface area contributed by atoms with E-state index in [1.165, 1.54) is 0 Å². The Labute approximate surface area is 106 Å². The number of anilines is 1. The van der Waals surface area contributed by atoms with E-state index < -0.39 is 0 Å². The van der Waals surface area contributed by atoms with E-state index in [-0.39, 0.29) is 0 Å². The van der Waals surface area contributed by atoms with Gasteiger partial charge in [-0.2, -0.15) is 5.10 Å². The number of hydrogen-bond acceptors (Lipinski definition) is 4. The van der Waals surface area contributed by atoms with Crippen LogP contribution in [0.4, 0.5) is 5.13 Å². The van der Waals surface area contributed by atoms with Crippen molar-refractivity contribution in [3.8, 4) is 10.4 Å². The molecule has 0 saturated heterocycles. The summed E-state index contributed by atoms with van der Waals surface area (Å²) in [5, 5.41) is 8.62. The zero-order chi connectivity index (χ0) is 12.3. The summed E-state index contributed by atoms with van der Waals surface area (Å²) in [6.07, 6.45) is 6.99. The average molecular weight is 250 g/mol. The highest BCUT2D eigenvalue weighted by Gasteiger charge is 2.07. The Morgan fingerprint density at radius 3 is 2.88 bits per heavy atom. The molecule has 0 aromatic carbocycles. The molecule has 2 aromatic heterocycles. The van der Waals surface area contributed by atoms with E-state index in [4.69, 9.17) is 0 Å². The van der Waals surface area contributed by atoms with Gasteiger partial charge in [0.15, 0.2) is 5.13 Å². The maximum atomic E-state index is 4.35. The summed E-state index contributed by atoms with van der Waals surface area (Å²) >= 11 is 1.68. The highest BCUT2D eigenvalue weighted by molar-refractivity contribution is 7.18. The third-order valence-electron chi connectivity index (χ3n) is 2.45. The van der Waals surface area contributed by atoms with Gasteiger partial charge < -0.3 is 5.32 Å². The van der Waals surface area contributed by atoms with Gasteiger partial charge in [0.1, 0.15) is 0 Å². The fraction of sp³-hybridized carbons (Fsp3) is 0.500. The SMILES string of the molecule is CCCNc1ncc(-c2cnn(C(C)C)c2)s1. The fourth-order valence-corrected chi connectivity index (χ4v) is 2.29. The van der Waals surface area contributed by atoms with Gasteiger partial charge in [0.2, 0.25) is 0 Å². The minimum Gasteiger partial charge on any atom is -0.362 e. The first-order valence-corrected chi connectivity index (χ1v) is 6.76. The van der Waals surface area contributed by atoms with E-state index in [0.29, 0.717) is 6.04 Å². The number of nitrogens with zero attached hydrogens (tertiary/aromatic N) is 3. The standard InChI is InChI=1S/C12H18N4S/c1-4-5-13-12-14-7-11(17-12)10-6-15-16(8-10)9(2)3/h6-9H,4-5H2,1-3H3,(H,13,14). The smallest absolute Gasteiger partial charge is 0.183 e. The van der Waals surface area contributed by atoms with Gasteiger partial charge in [0.05, 0.1) is 11.1 Å². The molecule has 0 amide bonds. The molecule has 5 heteroatoms. The lowest BCUT2D eigenvalue weighted by Crippen LogP contribution is -1.99. The Morgan fingerprint density at radius 2 is 2.24 bits per heavy atom. The molecule has 0 unspecified atom stereocenters. The highest BCUT2D eigenvalue weighted by atomic mass is 32.1. The predicted molar refractivity (Wildman–Crippen MR) is 72.5 cm³/mol. The minimum atomic E-state index is 0.398. The molecule has 4 nitrogen and oxygen atoms in total. The first-order chi connectivity index (χ1) is 8.20. The molecule has 0 aliphatic heterocycles. The van der Waals surface area contributed by atoms with Crippen LogP contribution in [-0.2, 0) is 0 Å². The molecule has 0 saturated carbocycles. The van der Waals surface area contributed by atoms with Crippen molar-refractivity contribution < 1.29 is 0 Å². The van der Waals surface area contributed by atoms with E-state index in [1.54, 1.807) is 11.3 Å². The number of thiazole rings is 1. The number of rotatable bonds is 5. The first kappa shape index (κ1) is 12.1. The zero-order valence-electron chi connectivity index (χ0n) is 10.5. The lowest BCUT2D eigenvalue weighted by Gasteiger charge is -2.02. The molecule has 1 N–H and O–H groups in total. The Kier molecular flexibility index (Phi) is 3.78. The lowest BCUT2D eigenvalue weighted by molar-refractivity contribution is 0.532. The second kappa shape index (κ2) is 5.31. The van der Waals surface area contributed by atoms with Crippen molar-refractivity contribution in [1.82, 2.24) is 14.8 Å². The molecule has 0 aliphatic carbocycles. The molecule has 0 fully saturated rings. The van der Waals surface area contributed by atoms with E-state index >= 15 is 0 Å². The van der Waals surface area contributed by atoms with Crippen molar-refractivity contribution in [2.75, 3.05) is 11.9 Å². The van der Waals surface area contributed by atoms with E-state index in [0.717, 1.165) is 28.5 Å². The fourth-order valence-electron chi connectivity index (χ4n) is 1.47. The third-order valence-corrected chi connectivity index (χ3v) is 3.45. The predicted octanol–water partition coefficient (Wildman–Crippen LogP) is 3.41. The Hall–Kier alpha value is -1.36. The van der Waals surface area contributed by atoms with Crippen molar-refractivity contribution in [1.29, 1.82) is 0 Å². The van der Waals surface area contributed by atoms with Gasteiger partial charge in [-0.1, -0.05) is 18.3 Å². The van der Waals surface area contributed by atoms with Crippen LogP contribution in [-0.4, -0.2) is 21.3 Å². The minimum absolute atomic E-state index is 0.398. The summed E-state index contributed by atoms with van der Waals surface area (Å²) in [4.78, 5) is 5.52. The average Bonchev–Trinajstić information content (AvgIpc) is 2.94. The topological polar surface area (TPSA) is 42.7 Å². The molecule has 0 aliphatic rings. The van der Waals surface area contributed by atoms with Crippen LogP contribution in [0.25, 0.3) is 10.4 Å². The molecular weight excluding hydrogens is 232 g/mol. The summed E-state index contributed by atoms with van der Waals surface area (Å²) in [5.41, 5.74) is 1.14. The highest BCUT2D eigenvalue weighted by Crippen LogP contribution is 2.28. The maximum absolute atomic E-state index is 4.35. The Morgan fingerprint density at radius 1 is 1.41 bits per heavy atom. The van der Waals surface area contributed by atoms with Crippen LogP contribution in [0.15, 0.2) is 18.6 Å². The van der Waals surface area contributed by atoms with Crippen LogP contribution in [0, 0.1) is 0 Å². The van der Waals surface area contributed by atoms with Gasteiger partial charge in [-0.15, -0.1) is 0 Å². The van der Waals surface area contributed by atoms with Crippen LogP contribution in [0.5, 0.6) is 0 Å². The summed E-state index contributed by atoms with van der Waals surface area (Å²) in [7, 11) is 0. The van der Waals surface area contributed by atoms with Crippen LogP contribution >= 0.6 is 11.3 Å². The van der Waals surface area contributed by atoms with E-state index in [1.807, 2.05) is 17.1 Å². The van der Waals surface area contributed by atoms with Crippen LogP contribution in [0.3, 0.4) is 0 Å². The Balaban J connectivity index is 2.13. The largest absolute Gasteiger partial charge is 0.362 e. The van der Waals surface area contributed by atoms with Crippen molar-refractivity contribution in [2.45, 2.75) is 33.2 Å². The van der Waals surface area contributed by atoms with Gasteiger partial charge in [0, 0.05) is 30.5 Å². The summed E-state index contributed by atoms with van der Waals surface area (Å²) in [5.74, 6) is 0. The summed E-state index contributed by atoms with van der Waals surface area (Å²) in [6.45, 7) is 7.36. The molecule has 2 aromatic rings. The molecule has 92 valence electrons. The third kappa shape index (κ3) is 2.85. The van der Waals surface area contributed by atoms with E-state index in [9.17, 15) is 0 Å². The molecule has 2 heterocycles. The number of hydrogen-bond donors (Lipinski definition) is 1. The quantitative estimate of drug-likeness (QED) is 0.884. The van der Waals surface area contributed by atoms with Gasteiger partial charge >= 0.3 is 0 Å². The van der Waals surface area contributed by atoms with Crippen LogP contribution in [0.1, 0.15) is 33.2 Å². The van der Waals surface area contributed by atoms with Crippen molar-refractivity contribution in [3.05, 3.63) is 18.6 Å². The summed E-state index contributed by atoms with van der Waals surface area (Å²) in [6, 6.07) is 0.398. The second-order valence-electron chi connectivity index (χ2n) is 4.26. The Bertz CT molecular complexity index is 472. The maximum Gasteiger partial charge on any atom is 0.183 e. The van der Waals surface area contributed by atoms with Gasteiger partial charge in [-0.3, -0.25) is 4.68 Å². The van der Waals surface area contributed by atoms with Gasteiger partial charge in [-0.25, -0.2) is 4.98 Å². The van der Waals surface area contributed by atoms with Gasteiger partial charge in [-0.05, 0) is 20.3 Å². The normalized spacial score (nSPS) is 11.1. The van der Waals surface area contributed by atoms with Crippen LogP contribution < -0.4 is 5.32 Å². The van der Waals surface area contributed by atoms with E-state index in [2.05, 4.69) is 42.4 Å². The molecular formula is C12H18N4S.